The predicted molar refractivity (Wildman–Crippen MR) is 85.2 cm³/mol. The maximum absolute atomic E-state index is 10.6. The molecule has 0 aliphatic carbocycles. The van der Waals surface area contributed by atoms with Crippen LogP contribution in [0.5, 0.6) is 11.5 Å². The summed E-state index contributed by atoms with van der Waals surface area (Å²) >= 11 is 0. The molecule has 22 heavy (non-hydrogen) atoms. The molecule has 4 heteroatoms. The number of methoxy groups -OCH3 is 1. The van der Waals surface area contributed by atoms with Crippen molar-refractivity contribution in [1.29, 1.82) is 0 Å². The van der Waals surface area contributed by atoms with Crippen LogP contribution in [-0.2, 0) is 11.4 Å². The van der Waals surface area contributed by atoms with Gasteiger partial charge in [0.2, 0.25) is 0 Å². The van der Waals surface area contributed by atoms with E-state index in [1.54, 1.807) is 19.2 Å². The van der Waals surface area contributed by atoms with Gasteiger partial charge in [0.05, 0.1) is 7.11 Å². The van der Waals surface area contributed by atoms with Crippen LogP contribution in [-0.4, -0.2) is 18.2 Å². The number of carboxylic acids is 1. The Morgan fingerprint density at radius 1 is 1.23 bits per heavy atom. The minimum atomic E-state index is -0.978. The summed E-state index contributed by atoms with van der Waals surface area (Å²) < 4.78 is 11.1. The normalized spacial score (nSPS) is 10.6. The molecule has 0 radical (unpaired) electrons. The number of benzene rings is 2. The second-order valence-corrected chi connectivity index (χ2v) is 4.85. The topological polar surface area (TPSA) is 55.8 Å². The average molecular weight is 298 g/mol. The summed E-state index contributed by atoms with van der Waals surface area (Å²) in [7, 11) is 1.60. The molecular formula is C18H18O4. The largest absolute Gasteiger partial charge is 0.496 e. The molecule has 2 aromatic carbocycles. The smallest absolute Gasteiger partial charge is 0.328 e. The summed E-state index contributed by atoms with van der Waals surface area (Å²) in [6.45, 7) is 2.35. The fraction of sp³-hybridized carbons (Fsp3) is 0.167. The highest BCUT2D eigenvalue weighted by atomic mass is 16.5. The Morgan fingerprint density at radius 3 is 2.73 bits per heavy atom. The molecule has 114 valence electrons. The van der Waals surface area contributed by atoms with Crippen LogP contribution >= 0.6 is 0 Å². The molecule has 0 unspecified atom stereocenters. The van der Waals surface area contributed by atoms with Crippen molar-refractivity contribution in [2.45, 2.75) is 13.5 Å². The van der Waals surface area contributed by atoms with Gasteiger partial charge >= 0.3 is 5.97 Å². The third kappa shape index (κ3) is 4.38. The van der Waals surface area contributed by atoms with Crippen LogP contribution in [0.1, 0.15) is 16.7 Å². The highest BCUT2D eigenvalue weighted by Gasteiger charge is 2.05. The Balaban J connectivity index is 2.17. The van der Waals surface area contributed by atoms with Gasteiger partial charge in [0.15, 0.2) is 0 Å². The second kappa shape index (κ2) is 7.31. The van der Waals surface area contributed by atoms with E-state index in [2.05, 4.69) is 0 Å². The summed E-state index contributed by atoms with van der Waals surface area (Å²) in [4.78, 5) is 10.6. The van der Waals surface area contributed by atoms with Crippen molar-refractivity contribution in [2.75, 3.05) is 7.11 Å². The molecule has 1 N–H and O–H groups in total. The molecule has 0 heterocycles. The Labute approximate surface area is 129 Å². The minimum absolute atomic E-state index is 0.349. The third-order valence-corrected chi connectivity index (χ3v) is 3.11. The van der Waals surface area contributed by atoms with Crippen molar-refractivity contribution >= 4 is 12.0 Å². The van der Waals surface area contributed by atoms with Gasteiger partial charge in [-0.05, 0) is 48.4 Å². The minimum Gasteiger partial charge on any atom is -0.496 e. The Bertz CT molecular complexity index is 689. The van der Waals surface area contributed by atoms with Gasteiger partial charge in [-0.25, -0.2) is 4.79 Å². The van der Waals surface area contributed by atoms with E-state index in [1.807, 2.05) is 37.3 Å². The number of aliphatic carboxylic acids is 1. The standard InChI is InChI=1S/C18H18O4/c1-13-4-3-5-16(10-13)22-12-15-11-14(7-9-18(19)20)6-8-17(15)21-2/h3-11H,12H2,1-2H3,(H,19,20)/b9-7+. The summed E-state index contributed by atoms with van der Waals surface area (Å²) in [6, 6.07) is 13.3. The number of carbonyl (C=O) groups is 1. The average Bonchev–Trinajstić information content (AvgIpc) is 2.51. The predicted octanol–water partition coefficient (Wildman–Crippen LogP) is 3.68. The first-order chi connectivity index (χ1) is 10.6. The second-order valence-electron chi connectivity index (χ2n) is 4.85. The van der Waals surface area contributed by atoms with Crippen molar-refractivity contribution in [2.24, 2.45) is 0 Å². The van der Waals surface area contributed by atoms with E-state index in [0.717, 1.165) is 28.5 Å². The molecule has 0 fully saturated rings. The van der Waals surface area contributed by atoms with Crippen molar-refractivity contribution < 1.29 is 19.4 Å². The number of ether oxygens (including phenoxy) is 2. The third-order valence-electron chi connectivity index (χ3n) is 3.11. The van der Waals surface area contributed by atoms with Crippen LogP contribution in [0.4, 0.5) is 0 Å². The summed E-state index contributed by atoms with van der Waals surface area (Å²) in [5.41, 5.74) is 2.77. The molecule has 0 aliphatic heterocycles. The molecule has 2 rings (SSSR count). The van der Waals surface area contributed by atoms with Gasteiger partial charge in [0.25, 0.3) is 0 Å². The number of carboxylic acid groups (broad SMARTS) is 1. The van der Waals surface area contributed by atoms with Crippen molar-refractivity contribution in [3.63, 3.8) is 0 Å². The number of hydrogen-bond acceptors (Lipinski definition) is 3. The van der Waals surface area contributed by atoms with Crippen LogP contribution in [0.3, 0.4) is 0 Å². The summed E-state index contributed by atoms with van der Waals surface area (Å²) in [5.74, 6) is 0.516. The van der Waals surface area contributed by atoms with E-state index >= 15 is 0 Å². The summed E-state index contributed by atoms with van der Waals surface area (Å²) in [5, 5.41) is 8.69. The fourth-order valence-corrected chi connectivity index (χ4v) is 2.05. The molecule has 2 aromatic rings. The van der Waals surface area contributed by atoms with Gasteiger partial charge in [-0.15, -0.1) is 0 Å². The fourth-order valence-electron chi connectivity index (χ4n) is 2.05. The van der Waals surface area contributed by atoms with E-state index in [9.17, 15) is 4.79 Å². The monoisotopic (exact) mass is 298 g/mol. The first-order valence-corrected chi connectivity index (χ1v) is 6.86. The van der Waals surface area contributed by atoms with E-state index in [-0.39, 0.29) is 0 Å². The lowest BCUT2D eigenvalue weighted by atomic mass is 10.1. The maximum Gasteiger partial charge on any atom is 0.328 e. The van der Waals surface area contributed by atoms with Crippen LogP contribution in [0.25, 0.3) is 6.08 Å². The number of hydrogen-bond donors (Lipinski definition) is 1. The molecule has 0 spiro atoms. The van der Waals surface area contributed by atoms with Crippen molar-refractivity contribution in [1.82, 2.24) is 0 Å². The Hall–Kier alpha value is -2.75. The molecule has 4 nitrogen and oxygen atoms in total. The Kier molecular flexibility index (Phi) is 5.20. The van der Waals surface area contributed by atoms with Crippen LogP contribution < -0.4 is 9.47 Å². The van der Waals surface area contributed by atoms with Crippen LogP contribution in [0.2, 0.25) is 0 Å². The zero-order valence-corrected chi connectivity index (χ0v) is 12.6. The first-order valence-electron chi connectivity index (χ1n) is 6.86. The molecule has 0 aliphatic rings. The molecule has 0 atom stereocenters. The number of rotatable bonds is 6. The highest BCUT2D eigenvalue weighted by Crippen LogP contribution is 2.23. The highest BCUT2D eigenvalue weighted by molar-refractivity contribution is 5.85. The quantitative estimate of drug-likeness (QED) is 0.827. The van der Waals surface area contributed by atoms with Crippen LogP contribution in [0.15, 0.2) is 48.5 Å². The van der Waals surface area contributed by atoms with Gasteiger partial charge < -0.3 is 14.6 Å². The lowest BCUT2D eigenvalue weighted by Crippen LogP contribution is -1.99. The zero-order chi connectivity index (χ0) is 15.9. The van der Waals surface area contributed by atoms with Gasteiger partial charge in [0.1, 0.15) is 18.1 Å². The van der Waals surface area contributed by atoms with Crippen molar-refractivity contribution in [3.8, 4) is 11.5 Å². The molecule has 0 saturated carbocycles. The van der Waals surface area contributed by atoms with Crippen molar-refractivity contribution in [3.05, 3.63) is 65.2 Å². The maximum atomic E-state index is 10.6. The van der Waals surface area contributed by atoms with Gasteiger partial charge in [-0.3, -0.25) is 0 Å². The van der Waals surface area contributed by atoms with Gasteiger partial charge in [-0.2, -0.15) is 0 Å². The molecule has 0 amide bonds. The van der Waals surface area contributed by atoms with Gasteiger partial charge in [-0.1, -0.05) is 18.2 Å². The van der Waals surface area contributed by atoms with E-state index in [4.69, 9.17) is 14.6 Å². The summed E-state index contributed by atoms with van der Waals surface area (Å²) in [6.07, 6.45) is 2.64. The van der Waals surface area contributed by atoms with E-state index in [0.29, 0.717) is 12.4 Å². The lowest BCUT2D eigenvalue weighted by Gasteiger charge is -2.11. The first kappa shape index (κ1) is 15.6. The van der Waals surface area contributed by atoms with Gasteiger partial charge in [0, 0.05) is 11.6 Å². The molecule has 0 aromatic heterocycles. The molecule has 0 bridgehead atoms. The SMILES string of the molecule is COc1ccc(/C=C/C(=O)O)cc1COc1cccc(C)c1. The lowest BCUT2D eigenvalue weighted by molar-refractivity contribution is -0.131. The van der Waals surface area contributed by atoms with Crippen LogP contribution in [0, 0.1) is 6.92 Å². The Morgan fingerprint density at radius 2 is 2.05 bits per heavy atom. The zero-order valence-electron chi connectivity index (χ0n) is 12.6. The molecular weight excluding hydrogens is 280 g/mol. The van der Waals surface area contributed by atoms with E-state index in [1.165, 1.54) is 6.08 Å². The molecule has 0 saturated heterocycles. The van der Waals surface area contributed by atoms with E-state index < -0.39 is 5.97 Å². The number of aryl methyl sites for hydroxylation is 1.